The summed E-state index contributed by atoms with van der Waals surface area (Å²) in [6, 6.07) is 13.5. The van der Waals surface area contributed by atoms with Crippen LogP contribution >= 0.6 is 0 Å². The number of hydrogen-bond donors (Lipinski definition) is 3. The number of aromatic hydroxyl groups is 2. The lowest BCUT2D eigenvalue weighted by Crippen LogP contribution is -2.18. The van der Waals surface area contributed by atoms with Gasteiger partial charge in [0.2, 0.25) is 5.91 Å². The Bertz CT molecular complexity index is 581. The predicted molar refractivity (Wildman–Crippen MR) is 73.3 cm³/mol. The normalized spacial score (nSPS) is 11.8. The smallest absolute Gasteiger partial charge is 0.231 e. The molecule has 19 heavy (non-hydrogen) atoms. The molecule has 0 heterocycles. The Morgan fingerprint density at radius 1 is 1.05 bits per heavy atom. The number of phenols is 2. The number of rotatable bonds is 3. The minimum absolute atomic E-state index is 0.170. The molecule has 0 aliphatic carbocycles. The van der Waals surface area contributed by atoms with Gasteiger partial charge in [-0.2, -0.15) is 0 Å². The van der Waals surface area contributed by atoms with E-state index in [-0.39, 0.29) is 17.4 Å². The Kier molecular flexibility index (Phi) is 3.71. The highest BCUT2D eigenvalue weighted by Crippen LogP contribution is 2.29. The highest BCUT2D eigenvalue weighted by molar-refractivity contribution is 5.95. The van der Waals surface area contributed by atoms with Crippen molar-refractivity contribution in [2.24, 2.45) is 0 Å². The van der Waals surface area contributed by atoms with Gasteiger partial charge in [0.25, 0.3) is 0 Å². The number of carbonyl (C=O) groups is 1. The van der Waals surface area contributed by atoms with Gasteiger partial charge in [-0.1, -0.05) is 24.3 Å². The molecule has 4 heteroatoms. The molecule has 0 radical (unpaired) electrons. The molecule has 0 saturated carbocycles. The van der Waals surface area contributed by atoms with Crippen LogP contribution in [0.5, 0.6) is 11.5 Å². The van der Waals surface area contributed by atoms with Crippen LogP contribution in [0.1, 0.15) is 18.4 Å². The molecule has 0 spiro atoms. The van der Waals surface area contributed by atoms with E-state index in [0.29, 0.717) is 5.56 Å². The van der Waals surface area contributed by atoms with Gasteiger partial charge in [0.1, 0.15) is 0 Å². The maximum absolute atomic E-state index is 12.1. The Morgan fingerprint density at radius 2 is 1.74 bits per heavy atom. The topological polar surface area (TPSA) is 69.6 Å². The number of carbonyl (C=O) groups excluding carboxylic acids is 1. The van der Waals surface area contributed by atoms with Crippen molar-refractivity contribution in [2.45, 2.75) is 12.8 Å². The minimum Gasteiger partial charge on any atom is -0.504 e. The predicted octanol–water partition coefficient (Wildman–Crippen LogP) is 2.84. The summed E-state index contributed by atoms with van der Waals surface area (Å²) in [6.07, 6.45) is 0. The van der Waals surface area contributed by atoms with Gasteiger partial charge in [0, 0.05) is 5.69 Å². The van der Waals surface area contributed by atoms with Crippen LogP contribution in [-0.4, -0.2) is 16.1 Å². The second kappa shape index (κ2) is 5.44. The molecule has 98 valence electrons. The summed E-state index contributed by atoms with van der Waals surface area (Å²) in [4.78, 5) is 12.1. The van der Waals surface area contributed by atoms with Crippen LogP contribution in [0.4, 0.5) is 5.69 Å². The fraction of sp³-hybridized carbons (Fsp3) is 0.133. The van der Waals surface area contributed by atoms with Gasteiger partial charge in [0.15, 0.2) is 11.5 Å². The molecule has 0 bridgehead atoms. The van der Waals surface area contributed by atoms with E-state index in [4.69, 9.17) is 0 Å². The highest BCUT2D eigenvalue weighted by Gasteiger charge is 2.16. The van der Waals surface area contributed by atoms with Crippen molar-refractivity contribution in [3.05, 3.63) is 54.1 Å². The molecule has 1 atom stereocenters. The Labute approximate surface area is 111 Å². The second-order valence-electron chi connectivity index (χ2n) is 4.33. The largest absolute Gasteiger partial charge is 0.504 e. The lowest BCUT2D eigenvalue weighted by molar-refractivity contribution is -0.117. The number of benzene rings is 2. The molecule has 2 aromatic carbocycles. The molecule has 3 N–H and O–H groups in total. The monoisotopic (exact) mass is 257 g/mol. The third-order valence-electron chi connectivity index (χ3n) is 2.93. The number of anilines is 1. The van der Waals surface area contributed by atoms with Crippen molar-refractivity contribution in [3.8, 4) is 11.5 Å². The van der Waals surface area contributed by atoms with Crippen LogP contribution in [0.3, 0.4) is 0 Å². The molecule has 2 aromatic rings. The van der Waals surface area contributed by atoms with E-state index in [1.165, 1.54) is 12.1 Å². The lowest BCUT2D eigenvalue weighted by Gasteiger charge is -2.13. The summed E-state index contributed by atoms with van der Waals surface area (Å²) >= 11 is 0. The van der Waals surface area contributed by atoms with E-state index in [2.05, 4.69) is 5.32 Å². The van der Waals surface area contributed by atoms with Gasteiger partial charge in [-0.25, -0.2) is 0 Å². The van der Waals surface area contributed by atoms with Crippen molar-refractivity contribution >= 4 is 11.6 Å². The van der Waals surface area contributed by atoms with Crippen molar-refractivity contribution in [1.29, 1.82) is 0 Å². The number of amides is 1. The zero-order chi connectivity index (χ0) is 13.8. The number of phenolic OH excluding ortho intramolecular Hbond substituents is 2. The lowest BCUT2D eigenvalue weighted by atomic mass is 9.99. The average molecular weight is 257 g/mol. The molecular weight excluding hydrogens is 242 g/mol. The first-order chi connectivity index (χ1) is 9.08. The fourth-order valence-corrected chi connectivity index (χ4v) is 1.73. The van der Waals surface area contributed by atoms with Crippen LogP contribution < -0.4 is 5.32 Å². The highest BCUT2D eigenvalue weighted by atomic mass is 16.3. The molecular formula is C15H15NO3. The summed E-state index contributed by atoms with van der Waals surface area (Å²) < 4.78 is 0. The standard InChI is InChI=1S/C15H15NO3/c1-10(11-7-8-13(17)14(18)9-11)15(19)16-12-5-3-2-4-6-12/h2-10,17-18H,1H3,(H,16,19). The first-order valence-corrected chi connectivity index (χ1v) is 5.95. The van der Waals surface area contributed by atoms with Crippen LogP contribution in [0, 0.1) is 0 Å². The van der Waals surface area contributed by atoms with Crippen molar-refractivity contribution in [1.82, 2.24) is 0 Å². The van der Waals surface area contributed by atoms with Crippen LogP contribution in [0.25, 0.3) is 0 Å². The van der Waals surface area contributed by atoms with Gasteiger partial charge in [0.05, 0.1) is 5.92 Å². The zero-order valence-electron chi connectivity index (χ0n) is 10.5. The Balaban J connectivity index is 2.12. The van der Waals surface area contributed by atoms with Crippen LogP contribution in [0.15, 0.2) is 48.5 Å². The molecule has 2 rings (SSSR count). The average Bonchev–Trinajstić information content (AvgIpc) is 2.42. The maximum atomic E-state index is 12.1. The van der Waals surface area contributed by atoms with Gasteiger partial charge in [-0.15, -0.1) is 0 Å². The van der Waals surface area contributed by atoms with E-state index in [0.717, 1.165) is 5.69 Å². The maximum Gasteiger partial charge on any atom is 0.231 e. The van der Waals surface area contributed by atoms with Crippen molar-refractivity contribution < 1.29 is 15.0 Å². The van der Waals surface area contributed by atoms with E-state index in [9.17, 15) is 15.0 Å². The first-order valence-electron chi connectivity index (χ1n) is 5.95. The molecule has 0 aromatic heterocycles. The summed E-state index contributed by atoms with van der Waals surface area (Å²) in [5, 5.41) is 21.5. The van der Waals surface area contributed by atoms with E-state index < -0.39 is 5.92 Å². The van der Waals surface area contributed by atoms with Crippen LogP contribution in [0.2, 0.25) is 0 Å². The van der Waals surface area contributed by atoms with E-state index >= 15 is 0 Å². The summed E-state index contributed by atoms with van der Waals surface area (Å²) in [5.74, 6) is -1.01. The van der Waals surface area contributed by atoms with Gasteiger partial charge in [-0.3, -0.25) is 4.79 Å². The minimum atomic E-state index is -0.424. The Morgan fingerprint density at radius 3 is 2.37 bits per heavy atom. The van der Waals surface area contributed by atoms with Gasteiger partial charge in [-0.05, 0) is 36.8 Å². The molecule has 0 aliphatic rings. The molecule has 1 unspecified atom stereocenters. The van der Waals surface area contributed by atoms with Crippen molar-refractivity contribution in [3.63, 3.8) is 0 Å². The zero-order valence-corrected chi connectivity index (χ0v) is 10.5. The fourth-order valence-electron chi connectivity index (χ4n) is 1.73. The first kappa shape index (κ1) is 13.0. The van der Waals surface area contributed by atoms with Gasteiger partial charge < -0.3 is 15.5 Å². The van der Waals surface area contributed by atoms with Crippen molar-refractivity contribution in [2.75, 3.05) is 5.32 Å². The summed E-state index contributed by atoms with van der Waals surface area (Å²) in [6.45, 7) is 1.74. The molecule has 4 nitrogen and oxygen atoms in total. The number of para-hydroxylation sites is 1. The number of nitrogens with one attached hydrogen (secondary N) is 1. The van der Waals surface area contributed by atoms with Gasteiger partial charge >= 0.3 is 0 Å². The second-order valence-corrected chi connectivity index (χ2v) is 4.33. The molecule has 0 saturated heterocycles. The summed E-state index contributed by atoms with van der Waals surface area (Å²) in [7, 11) is 0. The Hall–Kier alpha value is -2.49. The van der Waals surface area contributed by atoms with E-state index in [1.807, 2.05) is 18.2 Å². The summed E-state index contributed by atoms with van der Waals surface area (Å²) in [5.41, 5.74) is 1.37. The third kappa shape index (κ3) is 3.04. The quantitative estimate of drug-likeness (QED) is 0.740. The van der Waals surface area contributed by atoms with E-state index in [1.54, 1.807) is 25.1 Å². The SMILES string of the molecule is CC(C(=O)Nc1ccccc1)c1ccc(O)c(O)c1. The third-order valence-corrected chi connectivity index (χ3v) is 2.93. The number of hydrogen-bond acceptors (Lipinski definition) is 3. The molecule has 1 amide bonds. The molecule has 0 fully saturated rings. The molecule has 0 aliphatic heterocycles. The van der Waals surface area contributed by atoms with Crippen LogP contribution in [-0.2, 0) is 4.79 Å².